The van der Waals surface area contributed by atoms with Crippen LogP contribution in [0.15, 0.2) is 41.1 Å². The third-order valence-corrected chi connectivity index (χ3v) is 5.40. The van der Waals surface area contributed by atoms with E-state index in [-0.39, 0.29) is 28.6 Å². The third-order valence-electron chi connectivity index (χ3n) is 5.40. The van der Waals surface area contributed by atoms with E-state index in [2.05, 4.69) is 30.8 Å². The number of oxazole rings is 1. The minimum Gasteiger partial charge on any atom is -0.431 e. The molecular formula is C21H23FN6O4. The summed E-state index contributed by atoms with van der Waals surface area (Å²) >= 11 is 0. The number of pyridine rings is 1. The van der Waals surface area contributed by atoms with Gasteiger partial charge in [-0.1, -0.05) is 6.42 Å². The number of nitrogens with zero attached hydrogens (tertiary/aromatic N) is 4. The van der Waals surface area contributed by atoms with Crippen molar-refractivity contribution in [3.8, 4) is 0 Å². The Balaban J connectivity index is 1.36. The van der Waals surface area contributed by atoms with Crippen LogP contribution in [0.25, 0.3) is 0 Å². The van der Waals surface area contributed by atoms with Crippen LogP contribution in [0.3, 0.4) is 0 Å². The van der Waals surface area contributed by atoms with Crippen molar-refractivity contribution in [2.75, 3.05) is 23.8 Å². The smallest absolute Gasteiger partial charge is 0.302 e. The molecule has 1 amide bonds. The highest BCUT2D eigenvalue weighted by Gasteiger charge is 2.41. The van der Waals surface area contributed by atoms with Gasteiger partial charge < -0.3 is 19.6 Å². The first-order valence-electron chi connectivity index (χ1n) is 10.3. The summed E-state index contributed by atoms with van der Waals surface area (Å²) in [6, 6.07) is 6.01. The lowest BCUT2D eigenvalue weighted by molar-refractivity contribution is -0.101. The Bertz CT molecular complexity index is 1070. The number of rotatable bonds is 9. The highest BCUT2D eigenvalue weighted by Crippen LogP contribution is 2.43. The lowest BCUT2D eigenvalue weighted by atomic mass is 9.66. The summed E-state index contributed by atoms with van der Waals surface area (Å²) in [5.74, 6) is -0.424. The van der Waals surface area contributed by atoms with E-state index in [0.717, 1.165) is 19.3 Å². The predicted octanol–water partition coefficient (Wildman–Crippen LogP) is 2.81. The molecular weight excluding hydrogens is 419 g/mol. The SMILES string of the molecule is CCOC(O)c1coc(NC(=O)c2ccc(NCC3(c4ncccc4F)CCC3)nn2)n1. The molecule has 3 aromatic rings. The van der Waals surface area contributed by atoms with E-state index in [1.165, 1.54) is 18.4 Å². The summed E-state index contributed by atoms with van der Waals surface area (Å²) in [5.41, 5.74) is 0.275. The largest absolute Gasteiger partial charge is 0.431 e. The molecule has 10 nitrogen and oxygen atoms in total. The second-order valence-electron chi connectivity index (χ2n) is 7.46. The number of anilines is 2. The third kappa shape index (κ3) is 4.58. The molecule has 0 radical (unpaired) electrons. The highest BCUT2D eigenvalue weighted by molar-refractivity contribution is 6.01. The zero-order chi connectivity index (χ0) is 22.6. The van der Waals surface area contributed by atoms with Crippen molar-refractivity contribution in [3.63, 3.8) is 0 Å². The van der Waals surface area contributed by atoms with Crippen molar-refractivity contribution in [3.05, 3.63) is 59.6 Å². The van der Waals surface area contributed by atoms with Gasteiger partial charge in [0.25, 0.3) is 5.91 Å². The summed E-state index contributed by atoms with van der Waals surface area (Å²) in [6.07, 6.45) is 4.22. The van der Waals surface area contributed by atoms with Gasteiger partial charge >= 0.3 is 6.01 Å². The molecule has 0 bridgehead atoms. The molecule has 3 heterocycles. The summed E-state index contributed by atoms with van der Waals surface area (Å²) < 4.78 is 24.4. The number of hydrogen-bond donors (Lipinski definition) is 3. The molecule has 1 saturated carbocycles. The fraction of sp³-hybridized carbons (Fsp3) is 0.381. The molecule has 1 fully saturated rings. The zero-order valence-electron chi connectivity index (χ0n) is 17.4. The molecule has 1 atom stereocenters. The minimum atomic E-state index is -1.24. The first-order chi connectivity index (χ1) is 15.5. The van der Waals surface area contributed by atoms with Crippen LogP contribution in [-0.4, -0.2) is 44.3 Å². The topological polar surface area (TPSA) is 135 Å². The molecule has 1 unspecified atom stereocenters. The van der Waals surface area contributed by atoms with Gasteiger partial charge in [-0.25, -0.2) is 4.39 Å². The Morgan fingerprint density at radius 3 is 2.84 bits per heavy atom. The van der Waals surface area contributed by atoms with Crippen molar-refractivity contribution in [2.45, 2.75) is 37.9 Å². The van der Waals surface area contributed by atoms with Gasteiger partial charge in [-0.15, -0.1) is 10.2 Å². The first kappa shape index (κ1) is 21.8. The monoisotopic (exact) mass is 442 g/mol. The summed E-state index contributed by atoms with van der Waals surface area (Å²) in [7, 11) is 0. The van der Waals surface area contributed by atoms with Crippen LogP contribution in [0, 0.1) is 5.82 Å². The van der Waals surface area contributed by atoms with Gasteiger partial charge in [-0.3, -0.25) is 15.1 Å². The molecule has 11 heteroatoms. The van der Waals surface area contributed by atoms with E-state index in [9.17, 15) is 14.3 Å². The van der Waals surface area contributed by atoms with Gasteiger partial charge in [0, 0.05) is 24.8 Å². The first-order valence-corrected chi connectivity index (χ1v) is 10.3. The molecule has 3 N–H and O–H groups in total. The Morgan fingerprint density at radius 1 is 1.34 bits per heavy atom. The van der Waals surface area contributed by atoms with Crippen LogP contribution in [0.2, 0.25) is 0 Å². The van der Waals surface area contributed by atoms with E-state index in [1.807, 2.05) is 0 Å². The molecule has 0 aromatic carbocycles. The van der Waals surface area contributed by atoms with E-state index >= 15 is 0 Å². The summed E-state index contributed by atoms with van der Waals surface area (Å²) in [5, 5.41) is 23.3. The van der Waals surface area contributed by atoms with Gasteiger partial charge in [0.1, 0.15) is 23.6 Å². The number of hydrogen-bond acceptors (Lipinski definition) is 9. The number of carbonyl (C=O) groups excluding carboxylic acids is 1. The number of aromatic nitrogens is 4. The van der Waals surface area contributed by atoms with Crippen LogP contribution in [0.1, 0.15) is 54.4 Å². The van der Waals surface area contributed by atoms with Crippen LogP contribution in [0.5, 0.6) is 0 Å². The van der Waals surface area contributed by atoms with Crippen LogP contribution in [-0.2, 0) is 10.2 Å². The minimum absolute atomic E-state index is 0.0507. The normalized spacial score (nSPS) is 15.6. The van der Waals surface area contributed by atoms with Crippen molar-refractivity contribution < 1.29 is 23.4 Å². The average Bonchev–Trinajstić information content (AvgIpc) is 3.23. The van der Waals surface area contributed by atoms with Crippen molar-refractivity contribution in [1.29, 1.82) is 0 Å². The second kappa shape index (κ2) is 9.37. The Morgan fingerprint density at radius 2 is 2.19 bits per heavy atom. The molecule has 168 valence electrons. The van der Waals surface area contributed by atoms with Crippen molar-refractivity contribution in [1.82, 2.24) is 20.2 Å². The number of carbonyl (C=O) groups is 1. The average molecular weight is 442 g/mol. The van der Waals surface area contributed by atoms with Crippen molar-refractivity contribution in [2.24, 2.45) is 0 Å². The lowest BCUT2D eigenvalue weighted by Crippen LogP contribution is -2.42. The Hall–Kier alpha value is -3.44. The molecule has 4 rings (SSSR count). The summed E-state index contributed by atoms with van der Waals surface area (Å²) in [4.78, 5) is 20.5. The van der Waals surface area contributed by atoms with Gasteiger partial charge in [-0.2, -0.15) is 4.98 Å². The number of nitrogens with one attached hydrogen (secondary N) is 2. The van der Waals surface area contributed by atoms with E-state index < -0.39 is 12.2 Å². The fourth-order valence-corrected chi connectivity index (χ4v) is 3.55. The number of amides is 1. The highest BCUT2D eigenvalue weighted by atomic mass is 19.1. The molecule has 3 aromatic heterocycles. The maximum absolute atomic E-state index is 14.2. The second-order valence-corrected chi connectivity index (χ2v) is 7.46. The van der Waals surface area contributed by atoms with Crippen molar-refractivity contribution >= 4 is 17.7 Å². The molecule has 0 aliphatic heterocycles. The molecule has 1 aliphatic rings. The van der Waals surface area contributed by atoms with Gasteiger partial charge in [-0.05, 0) is 44.0 Å². The van der Waals surface area contributed by atoms with E-state index in [0.29, 0.717) is 24.7 Å². The van der Waals surface area contributed by atoms with Crippen LogP contribution < -0.4 is 10.6 Å². The maximum Gasteiger partial charge on any atom is 0.302 e. The van der Waals surface area contributed by atoms with Gasteiger partial charge in [0.2, 0.25) is 6.29 Å². The molecule has 0 spiro atoms. The van der Waals surface area contributed by atoms with Gasteiger partial charge in [0.05, 0.1) is 5.69 Å². The molecule has 0 saturated heterocycles. The summed E-state index contributed by atoms with van der Waals surface area (Å²) in [6.45, 7) is 2.48. The predicted molar refractivity (Wildman–Crippen MR) is 111 cm³/mol. The zero-order valence-corrected chi connectivity index (χ0v) is 17.4. The number of aliphatic hydroxyl groups excluding tert-OH is 1. The van der Waals surface area contributed by atoms with E-state index in [1.54, 1.807) is 25.3 Å². The van der Waals surface area contributed by atoms with Gasteiger partial charge in [0.15, 0.2) is 5.69 Å². The quantitative estimate of drug-likeness (QED) is 0.427. The Labute approximate surface area is 183 Å². The van der Waals surface area contributed by atoms with Crippen LogP contribution in [0.4, 0.5) is 16.2 Å². The van der Waals surface area contributed by atoms with Crippen LogP contribution >= 0.6 is 0 Å². The molecule has 1 aliphatic carbocycles. The Kier molecular flexibility index (Phi) is 6.37. The fourth-order valence-electron chi connectivity index (χ4n) is 3.55. The standard InChI is InChI=1S/C21H23FN6O4/c1-2-31-19(30)15-11-32-20(25-15)26-18(29)14-6-7-16(28-27-14)24-12-21(8-4-9-21)17-13(22)5-3-10-23-17/h3,5-7,10-11,19,30H,2,4,8-9,12H2,1H3,(H,24,28)(H,25,26,29). The van der Waals surface area contributed by atoms with E-state index in [4.69, 9.17) is 9.15 Å². The number of halogens is 1. The number of aliphatic hydroxyl groups is 1. The number of ether oxygens (including phenoxy) is 1. The lowest BCUT2D eigenvalue weighted by Gasteiger charge is -2.41. The molecule has 32 heavy (non-hydrogen) atoms. The maximum atomic E-state index is 14.2.